The summed E-state index contributed by atoms with van der Waals surface area (Å²) in [5.74, 6) is -0.569. The van der Waals surface area contributed by atoms with Crippen LogP contribution >= 0.6 is 11.3 Å². The van der Waals surface area contributed by atoms with E-state index in [0.29, 0.717) is 31.4 Å². The first kappa shape index (κ1) is 14.6. The molecule has 0 unspecified atom stereocenters. The lowest BCUT2D eigenvalue weighted by Crippen LogP contribution is -2.39. The molecule has 1 aromatic rings. The lowest BCUT2D eigenvalue weighted by Gasteiger charge is -2.25. The van der Waals surface area contributed by atoms with E-state index in [1.165, 1.54) is 23.5 Å². The van der Waals surface area contributed by atoms with Gasteiger partial charge in [-0.1, -0.05) is 18.3 Å². The second-order valence-electron chi connectivity index (χ2n) is 4.11. The molecule has 1 aliphatic heterocycles. The van der Waals surface area contributed by atoms with E-state index in [0.717, 1.165) is 11.4 Å². The molecule has 0 spiro atoms. The van der Waals surface area contributed by atoms with Crippen LogP contribution in [0.1, 0.15) is 11.9 Å². The Morgan fingerprint density at radius 3 is 2.75 bits per heavy atom. The number of carbonyl (C=O) groups excluding carboxylic acids is 2. The van der Waals surface area contributed by atoms with Gasteiger partial charge in [0.2, 0.25) is 16.9 Å². The molecule has 2 heterocycles. The molecule has 0 aliphatic carbocycles. The van der Waals surface area contributed by atoms with E-state index < -0.39 is 0 Å². The molecule has 0 radical (unpaired) electrons. The average Bonchev–Trinajstić information content (AvgIpc) is 2.93. The minimum atomic E-state index is -0.384. The fourth-order valence-electron chi connectivity index (χ4n) is 1.63. The zero-order valence-corrected chi connectivity index (χ0v) is 12.0. The molecule has 7 nitrogen and oxygen atoms in total. The molecule has 1 aromatic heterocycles. The van der Waals surface area contributed by atoms with E-state index in [9.17, 15) is 9.59 Å². The standard InChI is InChI=1S/C12H16N4O3S/c1-2-10-14-15-12(20-10)13-9(17)3-4-11(18)16-5-7-19-8-6-16/h3-4H,2,5-8H2,1H3,(H,13,15,17). The number of anilines is 1. The molecule has 1 aliphatic rings. The van der Waals surface area contributed by atoms with Crippen LogP contribution in [0.3, 0.4) is 0 Å². The van der Waals surface area contributed by atoms with E-state index in [2.05, 4.69) is 15.5 Å². The van der Waals surface area contributed by atoms with Crippen molar-refractivity contribution in [3.63, 3.8) is 0 Å². The maximum atomic E-state index is 11.8. The number of rotatable bonds is 4. The number of hydrogen-bond donors (Lipinski definition) is 1. The van der Waals surface area contributed by atoms with Gasteiger partial charge >= 0.3 is 0 Å². The highest BCUT2D eigenvalue weighted by Gasteiger charge is 2.14. The SMILES string of the molecule is CCc1nnc(NC(=O)C=CC(=O)N2CCOCC2)s1. The Morgan fingerprint density at radius 2 is 2.10 bits per heavy atom. The van der Waals surface area contributed by atoms with Gasteiger partial charge in [-0.15, -0.1) is 10.2 Å². The van der Waals surface area contributed by atoms with Crippen LogP contribution in [0.2, 0.25) is 0 Å². The monoisotopic (exact) mass is 296 g/mol. The van der Waals surface area contributed by atoms with Crippen LogP contribution in [0.25, 0.3) is 0 Å². The Balaban J connectivity index is 1.83. The van der Waals surface area contributed by atoms with Gasteiger partial charge in [-0.05, 0) is 6.42 Å². The van der Waals surface area contributed by atoms with Crippen LogP contribution in [0.4, 0.5) is 5.13 Å². The Hall–Kier alpha value is -1.80. The average molecular weight is 296 g/mol. The second-order valence-corrected chi connectivity index (χ2v) is 5.18. The summed E-state index contributed by atoms with van der Waals surface area (Å²) in [4.78, 5) is 25.1. The molecule has 1 N–H and O–H groups in total. The van der Waals surface area contributed by atoms with Gasteiger partial charge in [0.05, 0.1) is 13.2 Å². The number of carbonyl (C=O) groups is 2. The zero-order chi connectivity index (χ0) is 14.4. The summed E-state index contributed by atoms with van der Waals surface area (Å²) in [7, 11) is 0. The third-order valence-corrected chi connectivity index (χ3v) is 3.68. The summed E-state index contributed by atoms with van der Waals surface area (Å²) >= 11 is 1.32. The van der Waals surface area contributed by atoms with Crippen LogP contribution < -0.4 is 5.32 Å². The van der Waals surface area contributed by atoms with E-state index >= 15 is 0 Å². The molecular formula is C12H16N4O3S. The van der Waals surface area contributed by atoms with Gasteiger partial charge < -0.3 is 9.64 Å². The predicted molar refractivity (Wildman–Crippen MR) is 74.5 cm³/mol. The number of nitrogens with one attached hydrogen (secondary N) is 1. The third kappa shape index (κ3) is 4.10. The van der Waals surface area contributed by atoms with E-state index in [1.807, 2.05) is 6.92 Å². The number of aromatic nitrogens is 2. The van der Waals surface area contributed by atoms with Crippen molar-refractivity contribution in [3.8, 4) is 0 Å². The normalized spacial score (nSPS) is 15.6. The summed E-state index contributed by atoms with van der Waals surface area (Å²) in [6, 6.07) is 0. The van der Waals surface area contributed by atoms with Gasteiger partial charge in [0, 0.05) is 25.2 Å². The minimum absolute atomic E-state index is 0.185. The van der Waals surface area contributed by atoms with Crippen molar-refractivity contribution in [1.82, 2.24) is 15.1 Å². The lowest BCUT2D eigenvalue weighted by atomic mass is 10.3. The summed E-state index contributed by atoms with van der Waals surface area (Å²) in [5, 5.41) is 11.6. The Labute approximate surface area is 120 Å². The van der Waals surface area contributed by atoms with Crippen molar-refractivity contribution in [2.45, 2.75) is 13.3 Å². The first-order chi connectivity index (χ1) is 9.69. The number of hydrogen-bond acceptors (Lipinski definition) is 6. The van der Waals surface area contributed by atoms with Crippen molar-refractivity contribution in [2.24, 2.45) is 0 Å². The second kappa shape index (κ2) is 7.11. The molecule has 2 rings (SSSR count). The van der Waals surface area contributed by atoms with Gasteiger partial charge in [-0.3, -0.25) is 14.9 Å². The highest BCUT2D eigenvalue weighted by Crippen LogP contribution is 2.15. The molecule has 0 saturated carbocycles. The lowest BCUT2D eigenvalue weighted by molar-refractivity contribution is -0.130. The van der Waals surface area contributed by atoms with Crippen molar-refractivity contribution in [2.75, 3.05) is 31.6 Å². The molecule has 0 atom stereocenters. The largest absolute Gasteiger partial charge is 0.378 e. The molecule has 0 aromatic carbocycles. The van der Waals surface area contributed by atoms with Crippen LogP contribution in [-0.2, 0) is 20.7 Å². The van der Waals surface area contributed by atoms with Crippen LogP contribution in [0.15, 0.2) is 12.2 Å². The number of morpholine rings is 1. The smallest absolute Gasteiger partial charge is 0.250 e. The fourth-order valence-corrected chi connectivity index (χ4v) is 2.31. The van der Waals surface area contributed by atoms with Crippen molar-refractivity contribution < 1.29 is 14.3 Å². The van der Waals surface area contributed by atoms with Crippen LogP contribution in [-0.4, -0.2) is 53.2 Å². The number of amides is 2. The maximum absolute atomic E-state index is 11.8. The maximum Gasteiger partial charge on any atom is 0.250 e. The van der Waals surface area contributed by atoms with E-state index in [1.54, 1.807) is 4.90 Å². The minimum Gasteiger partial charge on any atom is -0.378 e. The Morgan fingerprint density at radius 1 is 1.35 bits per heavy atom. The fraction of sp³-hybridized carbons (Fsp3) is 0.500. The molecular weight excluding hydrogens is 280 g/mol. The highest BCUT2D eigenvalue weighted by molar-refractivity contribution is 7.15. The third-order valence-electron chi connectivity index (χ3n) is 2.70. The van der Waals surface area contributed by atoms with Gasteiger partial charge in [0.25, 0.3) is 0 Å². The Kier molecular flexibility index (Phi) is 5.19. The van der Waals surface area contributed by atoms with Crippen LogP contribution in [0.5, 0.6) is 0 Å². The van der Waals surface area contributed by atoms with Crippen LogP contribution in [0, 0.1) is 0 Å². The molecule has 108 valence electrons. The van der Waals surface area contributed by atoms with Gasteiger partial charge in [-0.25, -0.2) is 0 Å². The highest BCUT2D eigenvalue weighted by atomic mass is 32.1. The van der Waals surface area contributed by atoms with Gasteiger partial charge in [0.1, 0.15) is 5.01 Å². The van der Waals surface area contributed by atoms with Gasteiger partial charge in [0.15, 0.2) is 0 Å². The van der Waals surface area contributed by atoms with E-state index in [4.69, 9.17) is 4.74 Å². The number of ether oxygens (including phenoxy) is 1. The predicted octanol–water partition coefficient (Wildman–Crippen LogP) is 0.454. The zero-order valence-electron chi connectivity index (χ0n) is 11.2. The number of nitrogens with zero attached hydrogens (tertiary/aromatic N) is 3. The Bertz CT molecular complexity index is 509. The van der Waals surface area contributed by atoms with Crippen molar-refractivity contribution in [3.05, 3.63) is 17.2 Å². The number of aryl methyl sites for hydroxylation is 1. The van der Waals surface area contributed by atoms with Crippen molar-refractivity contribution in [1.29, 1.82) is 0 Å². The van der Waals surface area contributed by atoms with E-state index in [-0.39, 0.29) is 11.8 Å². The molecule has 1 fully saturated rings. The quantitative estimate of drug-likeness (QED) is 0.816. The first-order valence-corrected chi connectivity index (χ1v) is 7.18. The molecule has 0 bridgehead atoms. The molecule has 20 heavy (non-hydrogen) atoms. The summed E-state index contributed by atoms with van der Waals surface area (Å²) < 4.78 is 5.16. The first-order valence-electron chi connectivity index (χ1n) is 6.37. The molecule has 1 saturated heterocycles. The summed E-state index contributed by atoms with van der Waals surface area (Å²) in [6.45, 7) is 4.15. The summed E-state index contributed by atoms with van der Waals surface area (Å²) in [6.07, 6.45) is 3.26. The van der Waals surface area contributed by atoms with Crippen molar-refractivity contribution >= 4 is 28.3 Å². The van der Waals surface area contributed by atoms with Gasteiger partial charge in [-0.2, -0.15) is 0 Å². The molecule has 8 heteroatoms. The molecule has 2 amide bonds. The topological polar surface area (TPSA) is 84.4 Å². The summed E-state index contributed by atoms with van der Waals surface area (Å²) in [5.41, 5.74) is 0.